The normalized spacial score (nSPS) is 10.7. The number of quaternary nitrogens is 1. The molecule has 4 N–H and O–H groups in total. The van der Waals surface area contributed by atoms with E-state index in [1.807, 2.05) is 0 Å². The molecule has 9 heteroatoms. The molecule has 0 bridgehead atoms. The Morgan fingerprint density at radius 3 is 0.871 bits per heavy atom. The molecule has 0 fully saturated rings. The third kappa shape index (κ3) is 8.37. The van der Waals surface area contributed by atoms with Crippen LogP contribution in [0.3, 0.4) is 0 Å². The molecule has 0 amide bonds. The molecular formula is C22H34NO8+. The van der Waals surface area contributed by atoms with Crippen LogP contribution >= 0.6 is 0 Å². The molecule has 0 aliphatic heterocycles. The molecule has 0 aromatic heterocycles. The second kappa shape index (κ2) is 13.4. The minimum Gasteiger partial charge on any atom is -0.478 e. The molecular weight excluding hydrogens is 406 g/mol. The molecule has 0 saturated carbocycles. The van der Waals surface area contributed by atoms with Crippen molar-refractivity contribution in [2.75, 3.05) is 26.2 Å². The second-order valence-corrected chi connectivity index (χ2v) is 7.40. The summed E-state index contributed by atoms with van der Waals surface area (Å²) in [7, 11) is 0. The van der Waals surface area contributed by atoms with Gasteiger partial charge in [0.1, 0.15) is 0 Å². The molecule has 0 atom stereocenters. The van der Waals surface area contributed by atoms with Crippen LogP contribution in [0.4, 0.5) is 0 Å². The molecule has 1 aromatic carbocycles. The van der Waals surface area contributed by atoms with Crippen LogP contribution in [0.25, 0.3) is 0 Å². The van der Waals surface area contributed by atoms with Gasteiger partial charge >= 0.3 is 23.9 Å². The van der Waals surface area contributed by atoms with E-state index in [-0.39, 0.29) is 0 Å². The SMILES string of the molecule is CCC[N+](CCC)(CCC)CCC.O=C(O)c1cc(C(=O)O)c(C(=O)O)cc1C(=O)O. The summed E-state index contributed by atoms with van der Waals surface area (Å²) in [6.07, 6.45) is 5.33. The molecule has 1 aromatic rings. The first-order chi connectivity index (χ1) is 14.5. The quantitative estimate of drug-likeness (QED) is 0.357. The summed E-state index contributed by atoms with van der Waals surface area (Å²) in [5.74, 6) is -6.64. The van der Waals surface area contributed by atoms with E-state index in [1.165, 1.54) is 56.3 Å². The third-order valence-electron chi connectivity index (χ3n) is 4.87. The van der Waals surface area contributed by atoms with Gasteiger partial charge in [0.25, 0.3) is 0 Å². The van der Waals surface area contributed by atoms with Gasteiger partial charge in [0.15, 0.2) is 0 Å². The lowest BCUT2D eigenvalue weighted by Gasteiger charge is -2.38. The van der Waals surface area contributed by atoms with Gasteiger partial charge in [-0.2, -0.15) is 0 Å². The van der Waals surface area contributed by atoms with Crippen molar-refractivity contribution in [3.8, 4) is 0 Å². The van der Waals surface area contributed by atoms with E-state index in [4.69, 9.17) is 20.4 Å². The van der Waals surface area contributed by atoms with Crippen LogP contribution in [-0.4, -0.2) is 75.0 Å². The van der Waals surface area contributed by atoms with E-state index in [2.05, 4.69) is 27.7 Å². The molecule has 0 aliphatic rings. The Morgan fingerprint density at radius 1 is 0.548 bits per heavy atom. The van der Waals surface area contributed by atoms with Gasteiger partial charge in [-0.3, -0.25) is 0 Å². The van der Waals surface area contributed by atoms with Gasteiger partial charge in [-0.15, -0.1) is 0 Å². The fourth-order valence-electron chi connectivity index (χ4n) is 3.88. The number of carbonyl (C=O) groups is 4. The van der Waals surface area contributed by atoms with Gasteiger partial charge in [0.05, 0.1) is 48.4 Å². The molecule has 9 nitrogen and oxygen atoms in total. The largest absolute Gasteiger partial charge is 0.478 e. The molecule has 174 valence electrons. The molecule has 31 heavy (non-hydrogen) atoms. The van der Waals surface area contributed by atoms with Crippen molar-refractivity contribution in [2.45, 2.75) is 53.4 Å². The maximum Gasteiger partial charge on any atom is 0.336 e. The maximum atomic E-state index is 10.8. The monoisotopic (exact) mass is 440 g/mol. The van der Waals surface area contributed by atoms with Crippen LogP contribution in [-0.2, 0) is 0 Å². The van der Waals surface area contributed by atoms with Crippen LogP contribution < -0.4 is 0 Å². The number of carboxylic acid groups (broad SMARTS) is 4. The van der Waals surface area contributed by atoms with E-state index in [1.54, 1.807) is 0 Å². The summed E-state index contributed by atoms with van der Waals surface area (Å²) >= 11 is 0. The number of hydrogen-bond acceptors (Lipinski definition) is 4. The highest BCUT2D eigenvalue weighted by molar-refractivity contribution is 6.09. The fourth-order valence-corrected chi connectivity index (χ4v) is 3.88. The van der Waals surface area contributed by atoms with Crippen LogP contribution in [0.1, 0.15) is 94.8 Å². The van der Waals surface area contributed by atoms with Crippen molar-refractivity contribution in [1.29, 1.82) is 0 Å². The molecule has 0 radical (unpaired) electrons. The summed E-state index contributed by atoms with van der Waals surface area (Å²) in [6.45, 7) is 14.8. The Labute approximate surface area is 182 Å². The highest BCUT2D eigenvalue weighted by Crippen LogP contribution is 2.18. The first-order valence-corrected chi connectivity index (χ1v) is 10.5. The smallest absolute Gasteiger partial charge is 0.336 e. The number of aromatic carboxylic acids is 4. The van der Waals surface area contributed by atoms with Gasteiger partial charge in [0, 0.05) is 0 Å². The zero-order valence-corrected chi connectivity index (χ0v) is 18.7. The molecule has 0 unspecified atom stereocenters. The molecule has 1 rings (SSSR count). The number of nitrogens with zero attached hydrogens (tertiary/aromatic N) is 1. The summed E-state index contributed by atoms with van der Waals surface area (Å²) in [5, 5.41) is 35.0. The zero-order chi connectivity index (χ0) is 24.2. The second-order valence-electron chi connectivity index (χ2n) is 7.40. The van der Waals surface area contributed by atoms with Crippen molar-refractivity contribution < 1.29 is 44.1 Å². The Morgan fingerprint density at radius 2 is 0.742 bits per heavy atom. The highest BCUT2D eigenvalue weighted by atomic mass is 16.4. The Kier molecular flexibility index (Phi) is 12.1. The van der Waals surface area contributed by atoms with Crippen LogP contribution in [0.15, 0.2) is 12.1 Å². The van der Waals surface area contributed by atoms with Gasteiger partial charge in [-0.25, -0.2) is 19.2 Å². The first kappa shape index (κ1) is 28.1. The van der Waals surface area contributed by atoms with Crippen molar-refractivity contribution in [3.05, 3.63) is 34.4 Å². The molecule has 0 aliphatic carbocycles. The van der Waals surface area contributed by atoms with E-state index in [0.717, 1.165) is 0 Å². The van der Waals surface area contributed by atoms with Crippen LogP contribution in [0.5, 0.6) is 0 Å². The summed E-state index contributed by atoms with van der Waals surface area (Å²) in [6, 6.07) is 1.02. The molecule has 0 heterocycles. The first-order valence-electron chi connectivity index (χ1n) is 10.5. The van der Waals surface area contributed by atoms with Gasteiger partial charge in [-0.1, -0.05) is 27.7 Å². The number of rotatable bonds is 12. The lowest BCUT2D eigenvalue weighted by atomic mass is 9.98. The Hall–Kier alpha value is -2.94. The Bertz CT molecular complexity index is 660. The summed E-state index contributed by atoms with van der Waals surface area (Å²) in [4.78, 5) is 43.1. The van der Waals surface area contributed by atoms with Crippen LogP contribution in [0, 0.1) is 0 Å². The number of benzene rings is 1. The van der Waals surface area contributed by atoms with E-state index in [0.29, 0.717) is 12.1 Å². The number of carboxylic acids is 4. The van der Waals surface area contributed by atoms with Crippen LogP contribution in [0.2, 0.25) is 0 Å². The summed E-state index contributed by atoms with van der Waals surface area (Å²) in [5.41, 5.74) is -3.15. The molecule has 0 spiro atoms. The van der Waals surface area contributed by atoms with Gasteiger partial charge < -0.3 is 24.9 Å². The summed E-state index contributed by atoms with van der Waals surface area (Å²) < 4.78 is 1.38. The van der Waals surface area contributed by atoms with Crippen molar-refractivity contribution in [1.82, 2.24) is 0 Å². The van der Waals surface area contributed by atoms with Crippen molar-refractivity contribution in [2.24, 2.45) is 0 Å². The lowest BCUT2D eigenvalue weighted by molar-refractivity contribution is -0.928. The average Bonchev–Trinajstić information content (AvgIpc) is 2.68. The van der Waals surface area contributed by atoms with Gasteiger partial charge in [0.2, 0.25) is 0 Å². The Balaban J connectivity index is 0.000000615. The van der Waals surface area contributed by atoms with Crippen molar-refractivity contribution >= 4 is 23.9 Å². The van der Waals surface area contributed by atoms with Crippen molar-refractivity contribution in [3.63, 3.8) is 0 Å². The topological polar surface area (TPSA) is 149 Å². The minimum atomic E-state index is -1.66. The zero-order valence-electron chi connectivity index (χ0n) is 18.7. The number of hydrogen-bond donors (Lipinski definition) is 4. The van der Waals surface area contributed by atoms with Gasteiger partial charge in [-0.05, 0) is 37.8 Å². The average molecular weight is 441 g/mol. The molecule has 0 saturated heterocycles. The third-order valence-corrected chi connectivity index (χ3v) is 4.87. The highest BCUT2D eigenvalue weighted by Gasteiger charge is 2.25. The maximum absolute atomic E-state index is 10.8. The predicted octanol–water partition coefficient (Wildman–Crippen LogP) is 3.92. The predicted molar refractivity (Wildman–Crippen MR) is 115 cm³/mol. The standard InChI is InChI=1S/C12H28N.C10H6O8/c1-5-9-13(10-6-2,11-7-3)12-8-4;11-7(12)3-1-4(8(13)14)6(10(17)18)2-5(3)9(15)16/h5-12H2,1-4H3;1-2H,(H,11,12)(H,13,14)(H,15,16)(H,17,18)/q+1;. The van der Waals surface area contributed by atoms with E-state index >= 15 is 0 Å². The van der Waals surface area contributed by atoms with E-state index in [9.17, 15) is 19.2 Å². The lowest BCUT2D eigenvalue weighted by Crippen LogP contribution is -2.50. The fraction of sp³-hybridized carbons (Fsp3) is 0.545. The van der Waals surface area contributed by atoms with E-state index < -0.39 is 46.1 Å². The minimum absolute atomic E-state index is 0.511.